The van der Waals surface area contributed by atoms with E-state index in [1.54, 1.807) is 13.0 Å². The Hall–Kier alpha value is -2.27. The first-order chi connectivity index (χ1) is 10.0. The van der Waals surface area contributed by atoms with Crippen LogP contribution in [-0.2, 0) is 0 Å². The SMILES string of the molecule is CNC(C)c1ccccc1NC(=O)c1cc(C)nnc1C. The molecule has 2 aromatic rings. The number of rotatable bonds is 4. The highest BCUT2D eigenvalue weighted by Crippen LogP contribution is 2.23. The molecule has 0 aliphatic rings. The van der Waals surface area contributed by atoms with Crippen LogP contribution >= 0.6 is 0 Å². The Kier molecular flexibility index (Phi) is 4.65. The monoisotopic (exact) mass is 284 g/mol. The maximum absolute atomic E-state index is 12.5. The van der Waals surface area contributed by atoms with Gasteiger partial charge in [0.1, 0.15) is 0 Å². The van der Waals surface area contributed by atoms with Crippen LogP contribution in [0.25, 0.3) is 0 Å². The van der Waals surface area contributed by atoms with E-state index in [0.29, 0.717) is 11.3 Å². The van der Waals surface area contributed by atoms with Crippen molar-refractivity contribution in [3.8, 4) is 0 Å². The zero-order valence-electron chi connectivity index (χ0n) is 12.8. The lowest BCUT2D eigenvalue weighted by atomic mass is 10.1. The Balaban J connectivity index is 2.30. The Morgan fingerprint density at radius 1 is 1.19 bits per heavy atom. The minimum Gasteiger partial charge on any atom is -0.322 e. The third kappa shape index (κ3) is 3.44. The van der Waals surface area contributed by atoms with Crippen molar-refractivity contribution in [1.29, 1.82) is 0 Å². The van der Waals surface area contributed by atoms with E-state index in [9.17, 15) is 4.79 Å². The number of hydrogen-bond donors (Lipinski definition) is 2. The van der Waals surface area contributed by atoms with E-state index in [2.05, 4.69) is 20.8 Å². The predicted octanol–water partition coefficient (Wildman–Crippen LogP) is 2.63. The highest BCUT2D eigenvalue weighted by atomic mass is 16.1. The minimum atomic E-state index is -0.166. The van der Waals surface area contributed by atoms with Gasteiger partial charge in [-0.1, -0.05) is 18.2 Å². The first kappa shape index (κ1) is 15.1. The summed E-state index contributed by atoms with van der Waals surface area (Å²) in [4.78, 5) is 12.5. The molecule has 0 bridgehead atoms. The van der Waals surface area contributed by atoms with Gasteiger partial charge in [0.05, 0.1) is 17.0 Å². The van der Waals surface area contributed by atoms with Gasteiger partial charge in [0.2, 0.25) is 0 Å². The molecule has 1 atom stereocenters. The molecule has 2 rings (SSSR count). The molecule has 0 radical (unpaired) electrons. The number of anilines is 1. The van der Waals surface area contributed by atoms with Crippen molar-refractivity contribution in [2.75, 3.05) is 12.4 Å². The molecular weight excluding hydrogens is 264 g/mol. The summed E-state index contributed by atoms with van der Waals surface area (Å²) >= 11 is 0. The molecule has 2 N–H and O–H groups in total. The van der Waals surface area contributed by atoms with Crippen molar-refractivity contribution in [2.45, 2.75) is 26.8 Å². The fourth-order valence-corrected chi connectivity index (χ4v) is 2.11. The lowest BCUT2D eigenvalue weighted by Crippen LogP contribution is -2.19. The van der Waals surface area contributed by atoms with Gasteiger partial charge < -0.3 is 10.6 Å². The maximum Gasteiger partial charge on any atom is 0.257 e. The molecule has 21 heavy (non-hydrogen) atoms. The van der Waals surface area contributed by atoms with Crippen LogP contribution in [0.15, 0.2) is 30.3 Å². The topological polar surface area (TPSA) is 66.9 Å². The number of carbonyl (C=O) groups excluding carboxylic acids is 1. The second-order valence-electron chi connectivity index (χ2n) is 5.04. The van der Waals surface area contributed by atoms with Gasteiger partial charge in [-0.05, 0) is 45.5 Å². The Bertz CT molecular complexity index is 654. The maximum atomic E-state index is 12.5. The standard InChI is InChI=1S/C16H20N4O/c1-10-9-14(12(3)20-19-10)16(21)18-15-8-6-5-7-13(15)11(2)17-4/h5-9,11,17H,1-4H3,(H,18,21). The summed E-state index contributed by atoms with van der Waals surface area (Å²) in [7, 11) is 1.89. The molecule has 1 amide bonds. The molecule has 0 aliphatic heterocycles. The van der Waals surface area contributed by atoms with Crippen LogP contribution in [0.2, 0.25) is 0 Å². The van der Waals surface area contributed by atoms with Gasteiger partial charge in [0.25, 0.3) is 5.91 Å². The van der Waals surface area contributed by atoms with Crippen molar-refractivity contribution in [1.82, 2.24) is 15.5 Å². The number of aryl methyl sites for hydroxylation is 2. The van der Waals surface area contributed by atoms with Gasteiger partial charge in [0, 0.05) is 11.7 Å². The molecule has 110 valence electrons. The Morgan fingerprint density at radius 2 is 1.90 bits per heavy atom. The largest absolute Gasteiger partial charge is 0.322 e. The van der Waals surface area contributed by atoms with Crippen molar-refractivity contribution in [2.24, 2.45) is 0 Å². The molecular formula is C16H20N4O. The number of benzene rings is 1. The molecule has 1 unspecified atom stereocenters. The average molecular weight is 284 g/mol. The molecule has 1 heterocycles. The van der Waals surface area contributed by atoms with Gasteiger partial charge in [-0.25, -0.2) is 0 Å². The molecule has 1 aromatic carbocycles. The average Bonchev–Trinajstić information content (AvgIpc) is 2.49. The van der Waals surface area contributed by atoms with E-state index in [1.807, 2.05) is 45.2 Å². The van der Waals surface area contributed by atoms with Crippen LogP contribution in [0, 0.1) is 13.8 Å². The lowest BCUT2D eigenvalue weighted by Gasteiger charge is -2.16. The number of aromatic nitrogens is 2. The highest BCUT2D eigenvalue weighted by Gasteiger charge is 2.14. The summed E-state index contributed by atoms with van der Waals surface area (Å²) < 4.78 is 0. The Labute approximate surface area is 124 Å². The number of hydrogen-bond acceptors (Lipinski definition) is 4. The van der Waals surface area contributed by atoms with Crippen LogP contribution < -0.4 is 10.6 Å². The number of para-hydroxylation sites is 1. The molecule has 1 aromatic heterocycles. The molecule has 0 saturated carbocycles. The predicted molar refractivity (Wildman–Crippen MR) is 83.4 cm³/mol. The number of carbonyl (C=O) groups is 1. The van der Waals surface area contributed by atoms with E-state index in [1.165, 1.54) is 0 Å². The normalized spacial score (nSPS) is 12.0. The molecule has 5 heteroatoms. The zero-order valence-corrected chi connectivity index (χ0v) is 12.8. The van der Waals surface area contributed by atoms with E-state index >= 15 is 0 Å². The van der Waals surface area contributed by atoms with Crippen LogP contribution in [-0.4, -0.2) is 23.2 Å². The number of nitrogens with zero attached hydrogens (tertiary/aromatic N) is 2. The summed E-state index contributed by atoms with van der Waals surface area (Å²) in [6.07, 6.45) is 0. The third-order valence-corrected chi connectivity index (χ3v) is 3.45. The summed E-state index contributed by atoms with van der Waals surface area (Å²) in [6, 6.07) is 9.67. The van der Waals surface area contributed by atoms with Crippen LogP contribution in [0.1, 0.15) is 40.3 Å². The third-order valence-electron chi connectivity index (χ3n) is 3.45. The fourth-order valence-electron chi connectivity index (χ4n) is 2.11. The summed E-state index contributed by atoms with van der Waals surface area (Å²) in [5.74, 6) is -0.166. The fraction of sp³-hybridized carbons (Fsp3) is 0.312. The summed E-state index contributed by atoms with van der Waals surface area (Å²) in [5.41, 5.74) is 3.75. The van der Waals surface area contributed by atoms with Gasteiger partial charge in [-0.2, -0.15) is 10.2 Å². The van der Waals surface area contributed by atoms with Crippen molar-refractivity contribution >= 4 is 11.6 Å². The van der Waals surface area contributed by atoms with Gasteiger partial charge in [-0.15, -0.1) is 0 Å². The summed E-state index contributed by atoms with van der Waals surface area (Å²) in [5, 5.41) is 14.1. The van der Waals surface area contributed by atoms with E-state index in [4.69, 9.17) is 0 Å². The molecule has 0 aliphatic carbocycles. The van der Waals surface area contributed by atoms with Crippen molar-refractivity contribution < 1.29 is 4.79 Å². The molecule has 0 saturated heterocycles. The van der Waals surface area contributed by atoms with Crippen molar-refractivity contribution in [3.05, 3.63) is 52.8 Å². The van der Waals surface area contributed by atoms with Crippen LogP contribution in [0.5, 0.6) is 0 Å². The van der Waals surface area contributed by atoms with E-state index in [-0.39, 0.29) is 11.9 Å². The second kappa shape index (κ2) is 6.45. The van der Waals surface area contributed by atoms with E-state index in [0.717, 1.165) is 16.9 Å². The van der Waals surface area contributed by atoms with Crippen molar-refractivity contribution in [3.63, 3.8) is 0 Å². The second-order valence-corrected chi connectivity index (χ2v) is 5.04. The minimum absolute atomic E-state index is 0.153. The summed E-state index contributed by atoms with van der Waals surface area (Å²) in [6.45, 7) is 5.65. The zero-order chi connectivity index (χ0) is 15.4. The highest BCUT2D eigenvalue weighted by molar-refractivity contribution is 6.05. The Morgan fingerprint density at radius 3 is 2.62 bits per heavy atom. The van der Waals surface area contributed by atoms with Crippen LogP contribution in [0.4, 0.5) is 5.69 Å². The number of nitrogens with one attached hydrogen (secondary N) is 2. The molecule has 0 fully saturated rings. The van der Waals surface area contributed by atoms with Gasteiger partial charge in [-0.3, -0.25) is 4.79 Å². The van der Waals surface area contributed by atoms with Gasteiger partial charge in [0.15, 0.2) is 0 Å². The van der Waals surface area contributed by atoms with E-state index < -0.39 is 0 Å². The van der Waals surface area contributed by atoms with Gasteiger partial charge >= 0.3 is 0 Å². The molecule has 0 spiro atoms. The van der Waals surface area contributed by atoms with Crippen LogP contribution in [0.3, 0.4) is 0 Å². The first-order valence-corrected chi connectivity index (χ1v) is 6.91. The smallest absolute Gasteiger partial charge is 0.257 e. The quantitative estimate of drug-likeness (QED) is 0.905. The molecule has 5 nitrogen and oxygen atoms in total. The number of amides is 1. The lowest BCUT2D eigenvalue weighted by molar-refractivity contribution is 0.102. The first-order valence-electron chi connectivity index (χ1n) is 6.91.